The molecule has 126 valence electrons. The van der Waals surface area contributed by atoms with Crippen molar-refractivity contribution in [3.8, 4) is 0 Å². The van der Waals surface area contributed by atoms with E-state index in [1.54, 1.807) is 10.4 Å². The first-order valence-electron chi connectivity index (χ1n) is 7.86. The van der Waals surface area contributed by atoms with Crippen molar-refractivity contribution in [2.75, 3.05) is 13.7 Å². The van der Waals surface area contributed by atoms with Gasteiger partial charge >= 0.3 is 5.97 Å². The Balaban J connectivity index is 2.83. The lowest BCUT2D eigenvalue weighted by atomic mass is 9.93. The van der Waals surface area contributed by atoms with E-state index >= 15 is 0 Å². The highest BCUT2D eigenvalue weighted by atomic mass is 16.5. The van der Waals surface area contributed by atoms with E-state index in [-0.39, 0.29) is 12.3 Å². The van der Waals surface area contributed by atoms with E-state index in [0.717, 1.165) is 25.7 Å². The van der Waals surface area contributed by atoms with Gasteiger partial charge in [-0.15, -0.1) is 0 Å². The molecule has 2 atom stereocenters. The van der Waals surface area contributed by atoms with Crippen LogP contribution in [0.5, 0.6) is 0 Å². The number of carbonyl (C=O) groups excluding carboxylic acids is 3. The number of ether oxygens (including phenoxy) is 1. The second kappa shape index (κ2) is 9.40. The number of rotatable bonds is 7. The molecule has 22 heavy (non-hydrogen) atoms. The van der Waals surface area contributed by atoms with Crippen LogP contribution < -0.4 is 5.48 Å². The fourth-order valence-electron chi connectivity index (χ4n) is 2.84. The number of carbonyl (C=O) groups is 3. The second-order valence-corrected chi connectivity index (χ2v) is 5.64. The highest BCUT2D eigenvalue weighted by molar-refractivity contribution is 5.89. The van der Waals surface area contributed by atoms with Gasteiger partial charge < -0.3 is 9.64 Å². The van der Waals surface area contributed by atoms with Crippen molar-refractivity contribution in [3.05, 3.63) is 0 Å². The third-order valence-electron chi connectivity index (χ3n) is 4.07. The zero-order valence-electron chi connectivity index (χ0n) is 13.3. The van der Waals surface area contributed by atoms with Gasteiger partial charge in [0.25, 0.3) is 0 Å². The van der Waals surface area contributed by atoms with Crippen molar-refractivity contribution in [1.82, 2.24) is 10.4 Å². The van der Waals surface area contributed by atoms with E-state index in [0.29, 0.717) is 19.4 Å². The molecule has 1 fully saturated rings. The van der Waals surface area contributed by atoms with E-state index in [2.05, 4.69) is 0 Å². The fraction of sp³-hybridized carbons (Fsp3) is 0.800. The Bertz CT molecular complexity index is 399. The molecule has 1 heterocycles. The van der Waals surface area contributed by atoms with Crippen molar-refractivity contribution >= 4 is 17.8 Å². The van der Waals surface area contributed by atoms with Gasteiger partial charge in [0.15, 0.2) is 0 Å². The quantitative estimate of drug-likeness (QED) is 0.419. The predicted molar refractivity (Wildman–Crippen MR) is 78.9 cm³/mol. The number of nitrogens with zero attached hydrogens (tertiary/aromatic N) is 1. The minimum Gasteiger partial charge on any atom is -0.467 e. The molecule has 7 nitrogen and oxygen atoms in total. The van der Waals surface area contributed by atoms with Gasteiger partial charge in [0.1, 0.15) is 6.04 Å². The van der Waals surface area contributed by atoms with Crippen LogP contribution in [-0.2, 0) is 19.1 Å². The standard InChI is InChI=1S/C15H26N2O5/c1-3-4-7-11(10-13(18)16-21)14(19)17-9-6-5-8-12(17)15(20)22-2/h11-12,21H,3-10H2,1-2H3,(H,16,18)/t11-,12+/m1/s1. The molecule has 0 unspecified atom stereocenters. The highest BCUT2D eigenvalue weighted by Gasteiger charge is 2.36. The topological polar surface area (TPSA) is 95.9 Å². The van der Waals surface area contributed by atoms with Crippen LogP contribution in [0.4, 0.5) is 0 Å². The Morgan fingerprint density at radius 2 is 2.09 bits per heavy atom. The molecule has 2 N–H and O–H groups in total. The van der Waals surface area contributed by atoms with E-state index in [4.69, 9.17) is 9.94 Å². The molecule has 0 spiro atoms. The van der Waals surface area contributed by atoms with E-state index in [1.807, 2.05) is 6.92 Å². The summed E-state index contributed by atoms with van der Waals surface area (Å²) in [6, 6.07) is -0.562. The maximum Gasteiger partial charge on any atom is 0.328 e. The molecule has 1 aliphatic heterocycles. The van der Waals surface area contributed by atoms with Crippen LogP contribution in [-0.4, -0.2) is 47.6 Å². The van der Waals surface area contributed by atoms with Gasteiger partial charge in [-0.2, -0.15) is 0 Å². The van der Waals surface area contributed by atoms with Gasteiger partial charge in [0.2, 0.25) is 11.8 Å². The maximum atomic E-state index is 12.7. The Kier molecular flexibility index (Phi) is 7.87. The first kappa shape index (κ1) is 18.4. The summed E-state index contributed by atoms with van der Waals surface area (Å²) in [6.45, 7) is 2.51. The summed E-state index contributed by atoms with van der Waals surface area (Å²) in [7, 11) is 1.31. The number of likely N-dealkylation sites (tertiary alicyclic amines) is 1. The number of esters is 1. The van der Waals surface area contributed by atoms with E-state index < -0.39 is 23.8 Å². The number of methoxy groups -OCH3 is 1. The summed E-state index contributed by atoms with van der Waals surface area (Å²) in [6.07, 6.45) is 4.51. The zero-order valence-corrected chi connectivity index (χ0v) is 13.3. The fourth-order valence-corrected chi connectivity index (χ4v) is 2.84. The summed E-state index contributed by atoms with van der Waals surface area (Å²) >= 11 is 0. The summed E-state index contributed by atoms with van der Waals surface area (Å²) < 4.78 is 4.78. The Morgan fingerprint density at radius 1 is 1.36 bits per heavy atom. The molecule has 0 radical (unpaired) electrons. The third-order valence-corrected chi connectivity index (χ3v) is 4.07. The molecule has 1 aliphatic rings. The van der Waals surface area contributed by atoms with E-state index in [9.17, 15) is 14.4 Å². The number of hydrogen-bond donors (Lipinski definition) is 2. The molecule has 1 saturated heterocycles. The largest absolute Gasteiger partial charge is 0.467 e. The van der Waals surface area contributed by atoms with Crippen molar-refractivity contribution in [1.29, 1.82) is 0 Å². The second-order valence-electron chi connectivity index (χ2n) is 5.64. The first-order valence-corrected chi connectivity index (χ1v) is 7.86. The number of hydrogen-bond acceptors (Lipinski definition) is 5. The van der Waals surface area contributed by atoms with Gasteiger partial charge in [-0.05, 0) is 25.7 Å². The molecule has 0 aromatic rings. The maximum absolute atomic E-state index is 12.7. The molecule has 7 heteroatoms. The smallest absolute Gasteiger partial charge is 0.328 e. The monoisotopic (exact) mass is 314 g/mol. The normalized spacial score (nSPS) is 19.4. The van der Waals surface area contributed by atoms with E-state index in [1.165, 1.54) is 7.11 Å². The van der Waals surface area contributed by atoms with Gasteiger partial charge in [-0.3, -0.25) is 14.8 Å². The van der Waals surface area contributed by atoms with Gasteiger partial charge in [0, 0.05) is 18.9 Å². The molecule has 0 aromatic carbocycles. The molecule has 2 amide bonds. The average Bonchev–Trinajstić information content (AvgIpc) is 2.56. The Labute approximate surface area is 130 Å². The summed E-state index contributed by atoms with van der Waals surface area (Å²) in [5.41, 5.74) is 1.57. The molecule has 1 rings (SSSR count). The lowest BCUT2D eigenvalue weighted by Crippen LogP contribution is -2.51. The Hall–Kier alpha value is -1.63. The summed E-state index contributed by atoms with van der Waals surface area (Å²) in [5.74, 6) is -1.71. The van der Waals surface area contributed by atoms with Crippen LogP contribution in [0.3, 0.4) is 0 Å². The molecule has 0 bridgehead atoms. The van der Waals surface area contributed by atoms with Crippen LogP contribution in [0, 0.1) is 5.92 Å². The zero-order chi connectivity index (χ0) is 16.5. The lowest BCUT2D eigenvalue weighted by Gasteiger charge is -2.36. The van der Waals surface area contributed by atoms with Crippen molar-refractivity contribution in [3.63, 3.8) is 0 Å². The summed E-state index contributed by atoms with van der Waals surface area (Å²) in [5, 5.41) is 8.68. The van der Waals surface area contributed by atoms with Gasteiger partial charge in [0.05, 0.1) is 7.11 Å². The minimum atomic E-state index is -0.582. The minimum absolute atomic E-state index is 0.0697. The van der Waals surface area contributed by atoms with Crippen LogP contribution in [0.2, 0.25) is 0 Å². The molecule has 0 aliphatic carbocycles. The predicted octanol–water partition coefficient (Wildman–Crippen LogP) is 1.24. The molecular formula is C15H26N2O5. The van der Waals surface area contributed by atoms with Gasteiger partial charge in [-0.25, -0.2) is 10.3 Å². The van der Waals surface area contributed by atoms with Crippen LogP contribution >= 0.6 is 0 Å². The highest BCUT2D eigenvalue weighted by Crippen LogP contribution is 2.24. The van der Waals surface area contributed by atoms with Crippen LogP contribution in [0.1, 0.15) is 51.9 Å². The summed E-state index contributed by atoms with van der Waals surface area (Å²) in [4.78, 5) is 37.6. The number of piperidine rings is 1. The molecule has 0 aromatic heterocycles. The molecular weight excluding hydrogens is 288 g/mol. The van der Waals surface area contributed by atoms with Gasteiger partial charge in [-0.1, -0.05) is 19.8 Å². The average molecular weight is 314 g/mol. The lowest BCUT2D eigenvalue weighted by molar-refractivity contribution is -0.157. The number of amides is 2. The SMILES string of the molecule is CCCC[C@H](CC(=O)NO)C(=O)N1CCCC[C@H]1C(=O)OC. The van der Waals surface area contributed by atoms with Crippen LogP contribution in [0.15, 0.2) is 0 Å². The van der Waals surface area contributed by atoms with Crippen LogP contribution in [0.25, 0.3) is 0 Å². The number of nitrogens with one attached hydrogen (secondary N) is 1. The molecule has 0 saturated carbocycles. The first-order chi connectivity index (χ1) is 10.5. The number of unbranched alkanes of at least 4 members (excludes halogenated alkanes) is 1. The van der Waals surface area contributed by atoms with Crippen molar-refractivity contribution in [2.45, 2.75) is 57.9 Å². The van der Waals surface area contributed by atoms with Crippen molar-refractivity contribution < 1.29 is 24.3 Å². The third kappa shape index (κ3) is 4.98. The van der Waals surface area contributed by atoms with Crippen molar-refractivity contribution in [2.24, 2.45) is 5.92 Å². The Morgan fingerprint density at radius 3 is 2.68 bits per heavy atom. The number of hydroxylamine groups is 1.